The second-order valence-electron chi connectivity index (χ2n) is 3.21. The highest BCUT2D eigenvalue weighted by Crippen LogP contribution is 2.16. The molecule has 1 aromatic carbocycles. The maximum atomic E-state index is 13.0. The fourth-order valence-electron chi connectivity index (χ4n) is 1.26. The molecular weight excluding hydrogens is 211 g/mol. The topological polar surface area (TPSA) is 83.8 Å². The van der Waals surface area contributed by atoms with Crippen molar-refractivity contribution in [2.75, 3.05) is 11.1 Å². The summed E-state index contributed by atoms with van der Waals surface area (Å²) in [5, 5.41) is 8.65. The monoisotopic (exact) mass is 220 g/mol. The second kappa shape index (κ2) is 4.01. The highest BCUT2D eigenvalue weighted by molar-refractivity contribution is 6.04. The first-order chi connectivity index (χ1) is 7.65. The molecule has 0 fully saturated rings. The summed E-state index contributed by atoms with van der Waals surface area (Å²) in [6.45, 7) is 0. The number of anilines is 2. The van der Waals surface area contributed by atoms with Gasteiger partial charge in [0, 0.05) is 17.6 Å². The molecule has 0 unspecified atom stereocenters. The van der Waals surface area contributed by atoms with E-state index in [2.05, 4.69) is 15.5 Å². The number of nitrogens with one attached hydrogen (secondary N) is 2. The molecule has 1 amide bonds. The lowest BCUT2D eigenvalue weighted by Gasteiger charge is -2.04. The molecule has 6 heteroatoms. The summed E-state index contributed by atoms with van der Waals surface area (Å²) < 4.78 is 13.0. The molecule has 0 saturated heterocycles. The second-order valence-corrected chi connectivity index (χ2v) is 3.21. The van der Waals surface area contributed by atoms with Gasteiger partial charge in [-0.05, 0) is 18.2 Å². The van der Waals surface area contributed by atoms with Crippen LogP contribution < -0.4 is 11.1 Å². The number of H-pyrrole nitrogens is 1. The predicted octanol–water partition coefficient (Wildman–Crippen LogP) is 1.38. The van der Waals surface area contributed by atoms with Crippen molar-refractivity contribution in [3.05, 3.63) is 42.0 Å². The number of hydrogen-bond donors (Lipinski definition) is 3. The largest absolute Gasteiger partial charge is 0.399 e. The van der Waals surface area contributed by atoms with Crippen molar-refractivity contribution in [3.63, 3.8) is 0 Å². The Balaban J connectivity index is 2.18. The average molecular weight is 220 g/mol. The fourth-order valence-corrected chi connectivity index (χ4v) is 1.26. The predicted molar refractivity (Wildman–Crippen MR) is 57.4 cm³/mol. The first-order valence-electron chi connectivity index (χ1n) is 4.51. The molecule has 0 radical (unpaired) electrons. The third kappa shape index (κ3) is 2.17. The van der Waals surface area contributed by atoms with Crippen LogP contribution in [-0.2, 0) is 0 Å². The highest BCUT2D eigenvalue weighted by Gasteiger charge is 2.07. The highest BCUT2D eigenvalue weighted by atomic mass is 19.1. The van der Waals surface area contributed by atoms with Crippen molar-refractivity contribution in [1.82, 2.24) is 10.2 Å². The Morgan fingerprint density at radius 1 is 1.44 bits per heavy atom. The molecule has 0 aliphatic carbocycles. The minimum Gasteiger partial charge on any atom is -0.399 e. The third-order valence-electron chi connectivity index (χ3n) is 1.94. The van der Waals surface area contributed by atoms with Crippen molar-refractivity contribution < 1.29 is 9.18 Å². The Bertz CT molecular complexity index is 489. The summed E-state index contributed by atoms with van der Waals surface area (Å²) in [5.74, 6) is -0.874. The number of amides is 1. The minimum absolute atomic E-state index is 0.252. The van der Waals surface area contributed by atoms with Gasteiger partial charge >= 0.3 is 0 Å². The van der Waals surface area contributed by atoms with Gasteiger partial charge in [0.1, 0.15) is 5.82 Å². The van der Waals surface area contributed by atoms with Crippen LogP contribution in [0.25, 0.3) is 0 Å². The van der Waals surface area contributed by atoms with Crippen LogP contribution in [0.3, 0.4) is 0 Å². The van der Waals surface area contributed by atoms with Crippen LogP contribution in [-0.4, -0.2) is 16.1 Å². The summed E-state index contributed by atoms with van der Waals surface area (Å²) in [4.78, 5) is 11.6. The van der Waals surface area contributed by atoms with Gasteiger partial charge < -0.3 is 11.1 Å². The number of aromatic nitrogens is 2. The van der Waals surface area contributed by atoms with Crippen molar-refractivity contribution in [2.24, 2.45) is 0 Å². The van der Waals surface area contributed by atoms with E-state index in [4.69, 9.17) is 5.73 Å². The molecular formula is C10H9FN4O. The molecule has 2 rings (SSSR count). The van der Waals surface area contributed by atoms with E-state index in [1.807, 2.05) is 0 Å². The maximum Gasteiger partial charge on any atom is 0.258 e. The molecule has 0 aliphatic heterocycles. The van der Waals surface area contributed by atoms with Crippen LogP contribution in [0.4, 0.5) is 15.8 Å². The molecule has 5 nitrogen and oxygen atoms in total. The van der Waals surface area contributed by atoms with E-state index in [-0.39, 0.29) is 11.6 Å². The fraction of sp³-hybridized carbons (Fsp3) is 0. The number of nitrogens with two attached hydrogens (primary N) is 1. The van der Waals surface area contributed by atoms with E-state index >= 15 is 0 Å². The number of carbonyl (C=O) groups excluding carboxylic acids is 1. The van der Waals surface area contributed by atoms with E-state index in [1.54, 1.807) is 0 Å². The number of rotatable bonds is 2. The third-order valence-corrected chi connectivity index (χ3v) is 1.94. The van der Waals surface area contributed by atoms with Crippen molar-refractivity contribution >= 4 is 17.3 Å². The molecule has 0 bridgehead atoms. The van der Waals surface area contributed by atoms with Gasteiger partial charge in [-0.1, -0.05) is 0 Å². The SMILES string of the molecule is Nc1cc(F)cc(NC(=O)c2cn[nH]c2)c1. The summed E-state index contributed by atoms with van der Waals surface area (Å²) in [6.07, 6.45) is 2.82. The number of halogens is 1. The number of nitrogen functional groups attached to an aromatic ring is 1. The number of carbonyl (C=O) groups is 1. The smallest absolute Gasteiger partial charge is 0.258 e. The van der Waals surface area contributed by atoms with Gasteiger partial charge in [0.25, 0.3) is 5.91 Å². The van der Waals surface area contributed by atoms with Crippen molar-refractivity contribution in [3.8, 4) is 0 Å². The lowest BCUT2D eigenvalue weighted by Crippen LogP contribution is -2.11. The Labute approximate surface area is 90.5 Å². The molecule has 0 saturated carbocycles. The Kier molecular flexibility index (Phi) is 2.55. The standard InChI is InChI=1S/C10H9FN4O/c11-7-1-8(12)3-9(2-7)15-10(16)6-4-13-14-5-6/h1-5H,12H2,(H,13,14)(H,15,16). The van der Waals surface area contributed by atoms with Gasteiger partial charge in [0.15, 0.2) is 0 Å². The molecule has 2 aromatic rings. The first-order valence-corrected chi connectivity index (χ1v) is 4.51. The van der Waals surface area contributed by atoms with Gasteiger partial charge in [-0.25, -0.2) is 4.39 Å². The van der Waals surface area contributed by atoms with Crippen LogP contribution >= 0.6 is 0 Å². The van der Waals surface area contributed by atoms with E-state index < -0.39 is 5.82 Å². The number of hydrogen-bond acceptors (Lipinski definition) is 3. The quantitative estimate of drug-likeness (QED) is 0.668. The van der Waals surface area contributed by atoms with Crippen LogP contribution in [0.2, 0.25) is 0 Å². The van der Waals surface area contributed by atoms with E-state index in [0.717, 1.165) is 0 Å². The minimum atomic E-state index is -0.498. The molecule has 82 valence electrons. The van der Waals surface area contributed by atoms with Crippen LogP contribution in [0, 0.1) is 5.82 Å². The molecule has 16 heavy (non-hydrogen) atoms. The van der Waals surface area contributed by atoms with E-state index in [0.29, 0.717) is 11.3 Å². The molecule has 1 heterocycles. The molecule has 0 spiro atoms. The first kappa shape index (κ1) is 10.2. The summed E-state index contributed by atoms with van der Waals surface area (Å²) in [5.41, 5.74) is 6.37. The lowest BCUT2D eigenvalue weighted by molar-refractivity contribution is 0.102. The van der Waals surface area contributed by atoms with E-state index in [9.17, 15) is 9.18 Å². The summed E-state index contributed by atoms with van der Waals surface area (Å²) >= 11 is 0. The number of benzene rings is 1. The Morgan fingerprint density at radius 3 is 2.88 bits per heavy atom. The van der Waals surface area contributed by atoms with Gasteiger partial charge in [0.2, 0.25) is 0 Å². The zero-order valence-corrected chi connectivity index (χ0v) is 8.20. The Morgan fingerprint density at radius 2 is 2.25 bits per heavy atom. The average Bonchev–Trinajstić information content (AvgIpc) is 2.68. The zero-order chi connectivity index (χ0) is 11.5. The van der Waals surface area contributed by atoms with Crippen LogP contribution in [0.15, 0.2) is 30.6 Å². The lowest BCUT2D eigenvalue weighted by atomic mass is 10.2. The van der Waals surface area contributed by atoms with Gasteiger partial charge in [0.05, 0.1) is 11.8 Å². The number of aromatic amines is 1. The van der Waals surface area contributed by atoms with Gasteiger partial charge in [-0.15, -0.1) is 0 Å². The normalized spacial score (nSPS) is 10.1. The molecule has 0 aliphatic rings. The van der Waals surface area contributed by atoms with Crippen molar-refractivity contribution in [2.45, 2.75) is 0 Å². The van der Waals surface area contributed by atoms with E-state index in [1.165, 1.54) is 30.6 Å². The van der Waals surface area contributed by atoms with Crippen molar-refractivity contribution in [1.29, 1.82) is 0 Å². The van der Waals surface area contributed by atoms with Gasteiger partial charge in [-0.3, -0.25) is 9.89 Å². The molecule has 1 aromatic heterocycles. The van der Waals surface area contributed by atoms with Gasteiger partial charge in [-0.2, -0.15) is 5.10 Å². The molecule has 4 N–H and O–H groups in total. The zero-order valence-electron chi connectivity index (χ0n) is 8.20. The summed E-state index contributed by atoms with van der Waals surface area (Å²) in [7, 11) is 0. The van der Waals surface area contributed by atoms with Crippen LogP contribution in [0.5, 0.6) is 0 Å². The molecule has 0 atom stereocenters. The summed E-state index contributed by atoms with van der Waals surface area (Å²) in [6, 6.07) is 3.84. The Hall–Kier alpha value is -2.37. The maximum absolute atomic E-state index is 13.0. The van der Waals surface area contributed by atoms with Crippen LogP contribution in [0.1, 0.15) is 10.4 Å². The number of nitrogens with zero attached hydrogens (tertiary/aromatic N) is 1.